The van der Waals surface area contributed by atoms with Crippen molar-refractivity contribution in [3.8, 4) is 0 Å². The lowest BCUT2D eigenvalue weighted by Gasteiger charge is -2.34. The van der Waals surface area contributed by atoms with Crippen molar-refractivity contribution in [3.05, 3.63) is 0 Å². The highest BCUT2D eigenvalue weighted by Crippen LogP contribution is 2.32. The van der Waals surface area contributed by atoms with Crippen molar-refractivity contribution in [3.63, 3.8) is 0 Å². The van der Waals surface area contributed by atoms with Crippen LogP contribution in [0.25, 0.3) is 0 Å². The summed E-state index contributed by atoms with van der Waals surface area (Å²) >= 11 is 0. The average molecular weight is 284 g/mol. The molecule has 0 aromatic heterocycles. The second-order valence-electron chi connectivity index (χ2n) is 7.70. The van der Waals surface area contributed by atoms with Crippen molar-refractivity contribution in [2.75, 3.05) is 13.1 Å². The summed E-state index contributed by atoms with van der Waals surface area (Å²) in [6.07, 6.45) is 11.3. The maximum Gasteiger partial charge on any atom is 0.000772 e. The van der Waals surface area contributed by atoms with E-state index in [4.69, 9.17) is 0 Å². The van der Waals surface area contributed by atoms with E-state index in [1.165, 1.54) is 57.9 Å². The Hall–Kier alpha value is -0.0400. The van der Waals surface area contributed by atoms with Crippen molar-refractivity contribution in [1.29, 1.82) is 0 Å². The largest absolute Gasteiger partial charge is 0.316 e. The van der Waals surface area contributed by atoms with E-state index in [-0.39, 0.29) is 0 Å². The molecule has 0 aliphatic heterocycles. The summed E-state index contributed by atoms with van der Waals surface area (Å²) in [5.74, 6) is 1.52. The zero-order chi connectivity index (χ0) is 15.4. The number of nitrogens with one attached hydrogen (secondary N) is 1. The molecule has 0 saturated heterocycles. The first-order valence-electron chi connectivity index (χ1n) is 9.13. The number of rotatable bonds is 13. The molecule has 0 aromatic rings. The molecular formula is C19H41N. The van der Waals surface area contributed by atoms with E-state index >= 15 is 0 Å². The Morgan fingerprint density at radius 3 is 1.90 bits per heavy atom. The molecule has 0 spiro atoms. The number of hydrogen-bond acceptors (Lipinski definition) is 1. The van der Waals surface area contributed by atoms with E-state index in [2.05, 4.69) is 46.9 Å². The Bertz CT molecular complexity index is 210. The summed E-state index contributed by atoms with van der Waals surface area (Å²) in [5.41, 5.74) is 0.471. The van der Waals surface area contributed by atoms with Crippen LogP contribution in [0.1, 0.15) is 92.9 Å². The van der Waals surface area contributed by atoms with Crippen molar-refractivity contribution < 1.29 is 0 Å². The lowest BCUT2D eigenvalue weighted by molar-refractivity contribution is 0.182. The maximum atomic E-state index is 3.68. The minimum atomic E-state index is 0.471. The van der Waals surface area contributed by atoms with Gasteiger partial charge in [-0.25, -0.2) is 0 Å². The maximum absolute atomic E-state index is 3.68. The Morgan fingerprint density at radius 2 is 1.40 bits per heavy atom. The lowest BCUT2D eigenvalue weighted by atomic mass is 9.75. The predicted octanol–water partition coefficient (Wildman–Crippen LogP) is 6.04. The van der Waals surface area contributed by atoms with E-state index in [1.54, 1.807) is 0 Å². The van der Waals surface area contributed by atoms with Gasteiger partial charge in [-0.15, -0.1) is 0 Å². The average Bonchev–Trinajstić information content (AvgIpc) is 2.37. The molecule has 1 N–H and O–H groups in total. The molecule has 0 aromatic carbocycles. The van der Waals surface area contributed by atoms with Crippen molar-refractivity contribution in [2.24, 2.45) is 17.3 Å². The molecule has 1 heteroatoms. The first kappa shape index (κ1) is 20.0. The molecule has 0 radical (unpaired) electrons. The van der Waals surface area contributed by atoms with E-state index in [9.17, 15) is 0 Å². The SMILES string of the molecule is CCCCCCCCCC(C)(CNCC(C)C)C(C)C. The molecule has 0 amide bonds. The van der Waals surface area contributed by atoms with E-state index in [1.807, 2.05) is 0 Å². The quantitative estimate of drug-likeness (QED) is 0.407. The van der Waals surface area contributed by atoms with Gasteiger partial charge in [0.25, 0.3) is 0 Å². The third-order valence-corrected chi connectivity index (χ3v) is 4.83. The van der Waals surface area contributed by atoms with Crippen LogP contribution >= 0.6 is 0 Å². The first-order chi connectivity index (χ1) is 9.42. The van der Waals surface area contributed by atoms with Crippen LogP contribution in [-0.4, -0.2) is 13.1 Å². The van der Waals surface area contributed by atoms with E-state index in [0.717, 1.165) is 18.4 Å². The summed E-state index contributed by atoms with van der Waals surface area (Å²) < 4.78 is 0. The summed E-state index contributed by atoms with van der Waals surface area (Å²) in [4.78, 5) is 0. The van der Waals surface area contributed by atoms with Gasteiger partial charge in [0.1, 0.15) is 0 Å². The highest BCUT2D eigenvalue weighted by Gasteiger charge is 2.27. The minimum Gasteiger partial charge on any atom is -0.316 e. The Morgan fingerprint density at radius 1 is 0.850 bits per heavy atom. The van der Waals surface area contributed by atoms with Crippen molar-refractivity contribution in [1.82, 2.24) is 5.32 Å². The van der Waals surface area contributed by atoms with Gasteiger partial charge in [-0.3, -0.25) is 0 Å². The molecular weight excluding hydrogens is 242 g/mol. The standard InChI is InChI=1S/C19H41N/c1-7-8-9-10-11-12-13-14-19(6,18(4)5)16-20-15-17(2)3/h17-18,20H,7-16H2,1-6H3. The minimum absolute atomic E-state index is 0.471. The van der Waals surface area contributed by atoms with Gasteiger partial charge in [-0.1, -0.05) is 86.5 Å². The van der Waals surface area contributed by atoms with Crippen LogP contribution in [0.2, 0.25) is 0 Å². The second-order valence-corrected chi connectivity index (χ2v) is 7.70. The zero-order valence-electron chi connectivity index (χ0n) is 15.2. The third-order valence-electron chi connectivity index (χ3n) is 4.83. The van der Waals surface area contributed by atoms with Crippen molar-refractivity contribution >= 4 is 0 Å². The third kappa shape index (κ3) is 9.80. The number of unbranched alkanes of at least 4 members (excludes halogenated alkanes) is 6. The topological polar surface area (TPSA) is 12.0 Å². The first-order valence-corrected chi connectivity index (χ1v) is 9.13. The van der Waals surface area contributed by atoms with Gasteiger partial charge in [-0.05, 0) is 30.2 Å². The Balaban J connectivity index is 3.83. The monoisotopic (exact) mass is 283 g/mol. The molecule has 0 aliphatic rings. The van der Waals surface area contributed by atoms with Gasteiger partial charge in [0.15, 0.2) is 0 Å². The Labute approximate surface area is 129 Å². The van der Waals surface area contributed by atoms with Crippen molar-refractivity contribution in [2.45, 2.75) is 92.9 Å². The fourth-order valence-corrected chi connectivity index (χ4v) is 2.71. The molecule has 122 valence electrons. The molecule has 0 rings (SSSR count). The van der Waals surface area contributed by atoms with Crippen LogP contribution in [-0.2, 0) is 0 Å². The van der Waals surface area contributed by atoms with Gasteiger partial charge >= 0.3 is 0 Å². The van der Waals surface area contributed by atoms with Gasteiger partial charge < -0.3 is 5.32 Å². The van der Waals surface area contributed by atoms with Crippen LogP contribution in [0, 0.1) is 17.3 Å². The normalized spacial score (nSPS) is 15.0. The molecule has 1 unspecified atom stereocenters. The summed E-state index contributed by atoms with van der Waals surface area (Å²) in [7, 11) is 0. The second kappa shape index (κ2) is 11.6. The molecule has 0 saturated carbocycles. The van der Waals surface area contributed by atoms with Gasteiger partial charge in [-0.2, -0.15) is 0 Å². The molecule has 0 aliphatic carbocycles. The zero-order valence-corrected chi connectivity index (χ0v) is 15.2. The molecule has 1 nitrogen and oxygen atoms in total. The molecule has 0 heterocycles. The van der Waals surface area contributed by atoms with Gasteiger partial charge in [0, 0.05) is 6.54 Å². The van der Waals surface area contributed by atoms with E-state index in [0.29, 0.717) is 5.41 Å². The summed E-state index contributed by atoms with van der Waals surface area (Å²) in [6.45, 7) is 16.4. The highest BCUT2D eigenvalue weighted by atomic mass is 14.9. The molecule has 20 heavy (non-hydrogen) atoms. The fraction of sp³-hybridized carbons (Fsp3) is 1.00. The smallest absolute Gasteiger partial charge is 0.000772 e. The highest BCUT2D eigenvalue weighted by molar-refractivity contribution is 4.80. The fourth-order valence-electron chi connectivity index (χ4n) is 2.71. The van der Waals surface area contributed by atoms with Gasteiger partial charge in [0.05, 0.1) is 0 Å². The lowest BCUT2D eigenvalue weighted by Crippen LogP contribution is -2.37. The molecule has 0 fully saturated rings. The van der Waals surface area contributed by atoms with Gasteiger partial charge in [0.2, 0.25) is 0 Å². The molecule has 1 atom stereocenters. The summed E-state index contributed by atoms with van der Waals surface area (Å²) in [5, 5.41) is 3.68. The molecule has 0 bridgehead atoms. The predicted molar refractivity (Wildman–Crippen MR) is 93.3 cm³/mol. The van der Waals surface area contributed by atoms with Crippen LogP contribution in [0.4, 0.5) is 0 Å². The van der Waals surface area contributed by atoms with Crippen LogP contribution < -0.4 is 5.32 Å². The number of hydrogen-bond donors (Lipinski definition) is 1. The Kier molecular flexibility index (Phi) is 11.6. The van der Waals surface area contributed by atoms with Crippen LogP contribution in [0.3, 0.4) is 0 Å². The van der Waals surface area contributed by atoms with E-state index < -0.39 is 0 Å². The summed E-state index contributed by atoms with van der Waals surface area (Å²) in [6, 6.07) is 0. The van der Waals surface area contributed by atoms with Crippen LogP contribution in [0.15, 0.2) is 0 Å². The van der Waals surface area contributed by atoms with Crippen LogP contribution in [0.5, 0.6) is 0 Å².